The molecule has 74 valence electrons. The number of benzene rings is 1. The molecule has 0 N–H and O–H groups in total. The van der Waals surface area contributed by atoms with E-state index in [-0.39, 0.29) is 21.2 Å². The van der Waals surface area contributed by atoms with E-state index in [1.807, 2.05) is 0 Å². The predicted octanol–water partition coefficient (Wildman–Crippen LogP) is 2.59. The van der Waals surface area contributed by atoms with Gasteiger partial charge in [0.05, 0.1) is 22.7 Å². The maximum absolute atomic E-state index is 11.1. The Balaban J connectivity index is 3.30. The number of carbonyl (C=O) groups excluding carboxylic acids is 2. The zero-order valence-corrected chi connectivity index (χ0v) is 8.72. The van der Waals surface area contributed by atoms with E-state index in [0.717, 1.165) is 0 Å². The monoisotopic (exact) mass is 232 g/mol. The molecule has 0 aliphatic rings. The molecule has 1 aromatic rings. The molecule has 0 aliphatic heterocycles. The van der Waals surface area contributed by atoms with Gasteiger partial charge in [-0.05, 0) is 12.1 Å². The number of rotatable bonds is 2. The highest BCUT2D eigenvalue weighted by molar-refractivity contribution is 6.45. The van der Waals surface area contributed by atoms with Crippen molar-refractivity contribution in [3.8, 4) is 0 Å². The van der Waals surface area contributed by atoms with Crippen LogP contribution in [0.3, 0.4) is 0 Å². The first kappa shape index (κ1) is 11.0. The summed E-state index contributed by atoms with van der Waals surface area (Å²) in [4.78, 5) is 21.6. The number of methoxy groups -OCH3 is 1. The van der Waals surface area contributed by atoms with Crippen LogP contribution < -0.4 is 0 Å². The molecular weight excluding hydrogens is 227 g/mol. The fourth-order valence-corrected chi connectivity index (χ4v) is 1.38. The van der Waals surface area contributed by atoms with Crippen LogP contribution in [0.5, 0.6) is 0 Å². The molecule has 1 rings (SSSR count). The van der Waals surface area contributed by atoms with Crippen molar-refractivity contribution in [2.45, 2.75) is 0 Å². The minimum Gasteiger partial charge on any atom is -0.465 e. The summed E-state index contributed by atoms with van der Waals surface area (Å²) in [6, 6.07) is 2.80. The molecule has 0 spiro atoms. The number of ether oxygens (including phenoxy) is 1. The number of aldehydes is 1. The van der Waals surface area contributed by atoms with E-state index >= 15 is 0 Å². The van der Waals surface area contributed by atoms with E-state index in [2.05, 4.69) is 4.74 Å². The van der Waals surface area contributed by atoms with Crippen molar-refractivity contribution in [1.29, 1.82) is 0 Å². The average Bonchev–Trinajstić information content (AvgIpc) is 2.21. The summed E-state index contributed by atoms with van der Waals surface area (Å²) in [7, 11) is 1.24. The zero-order valence-electron chi connectivity index (χ0n) is 7.21. The maximum atomic E-state index is 11.1. The van der Waals surface area contributed by atoms with Crippen LogP contribution in [0.2, 0.25) is 10.0 Å². The third-order valence-electron chi connectivity index (χ3n) is 1.64. The van der Waals surface area contributed by atoms with Crippen molar-refractivity contribution in [3.63, 3.8) is 0 Å². The van der Waals surface area contributed by atoms with E-state index in [0.29, 0.717) is 6.29 Å². The quantitative estimate of drug-likeness (QED) is 0.582. The summed E-state index contributed by atoms with van der Waals surface area (Å²) in [5, 5.41) is 0.0904. The molecule has 0 saturated heterocycles. The molecule has 1 aromatic carbocycles. The van der Waals surface area contributed by atoms with Crippen LogP contribution in [-0.4, -0.2) is 19.4 Å². The Hall–Kier alpha value is -1.06. The summed E-state index contributed by atoms with van der Waals surface area (Å²) < 4.78 is 4.48. The van der Waals surface area contributed by atoms with Crippen molar-refractivity contribution in [2.24, 2.45) is 0 Å². The van der Waals surface area contributed by atoms with E-state index in [9.17, 15) is 9.59 Å². The molecule has 0 atom stereocenters. The first-order valence-corrected chi connectivity index (χ1v) is 4.39. The number of hydrogen-bond acceptors (Lipinski definition) is 3. The molecule has 3 nitrogen and oxygen atoms in total. The lowest BCUT2D eigenvalue weighted by molar-refractivity contribution is 0.0600. The fraction of sp³-hybridized carbons (Fsp3) is 0.111. The van der Waals surface area contributed by atoms with Crippen LogP contribution in [0.15, 0.2) is 12.1 Å². The largest absolute Gasteiger partial charge is 0.465 e. The van der Waals surface area contributed by atoms with Gasteiger partial charge in [0.2, 0.25) is 0 Å². The van der Waals surface area contributed by atoms with Gasteiger partial charge in [-0.3, -0.25) is 4.79 Å². The van der Waals surface area contributed by atoms with Crippen molar-refractivity contribution in [1.82, 2.24) is 0 Å². The van der Waals surface area contributed by atoms with E-state index in [1.54, 1.807) is 0 Å². The highest BCUT2D eigenvalue weighted by Crippen LogP contribution is 2.28. The van der Waals surface area contributed by atoms with Gasteiger partial charge in [0.25, 0.3) is 0 Å². The van der Waals surface area contributed by atoms with Crippen molar-refractivity contribution < 1.29 is 14.3 Å². The third-order valence-corrected chi connectivity index (χ3v) is 2.54. The summed E-state index contributed by atoms with van der Waals surface area (Å²) >= 11 is 11.5. The first-order chi connectivity index (χ1) is 6.61. The van der Waals surface area contributed by atoms with Crippen molar-refractivity contribution in [2.75, 3.05) is 7.11 Å². The van der Waals surface area contributed by atoms with Crippen LogP contribution in [0.25, 0.3) is 0 Å². The van der Waals surface area contributed by atoms with Crippen LogP contribution in [0.1, 0.15) is 20.7 Å². The average molecular weight is 233 g/mol. The molecule has 0 radical (unpaired) electrons. The minimum atomic E-state index is -0.589. The van der Waals surface area contributed by atoms with Crippen molar-refractivity contribution >= 4 is 35.5 Å². The molecule has 0 amide bonds. The van der Waals surface area contributed by atoms with Gasteiger partial charge >= 0.3 is 5.97 Å². The normalized spacial score (nSPS) is 9.64. The van der Waals surface area contributed by atoms with Gasteiger partial charge in [0, 0.05) is 5.56 Å². The van der Waals surface area contributed by atoms with Gasteiger partial charge in [-0.25, -0.2) is 4.79 Å². The molecule has 5 heteroatoms. The Labute approximate surface area is 90.6 Å². The second-order valence-electron chi connectivity index (χ2n) is 2.44. The highest BCUT2D eigenvalue weighted by Gasteiger charge is 2.15. The van der Waals surface area contributed by atoms with Gasteiger partial charge in [-0.2, -0.15) is 0 Å². The molecule has 14 heavy (non-hydrogen) atoms. The Morgan fingerprint density at radius 3 is 2.50 bits per heavy atom. The fourth-order valence-electron chi connectivity index (χ4n) is 0.923. The summed E-state index contributed by atoms with van der Waals surface area (Å²) in [5.74, 6) is -0.589. The summed E-state index contributed by atoms with van der Waals surface area (Å²) in [5.41, 5.74) is 0.383. The molecule has 0 saturated carbocycles. The maximum Gasteiger partial charge on any atom is 0.339 e. The molecule has 0 unspecified atom stereocenters. The lowest BCUT2D eigenvalue weighted by Gasteiger charge is -2.04. The number of hydrogen-bond donors (Lipinski definition) is 0. The van der Waals surface area contributed by atoms with Gasteiger partial charge in [-0.1, -0.05) is 23.2 Å². The minimum absolute atomic E-state index is 0.0307. The second-order valence-corrected chi connectivity index (χ2v) is 3.20. The number of halogens is 2. The Bertz CT molecular complexity index is 388. The van der Waals surface area contributed by atoms with Crippen LogP contribution in [0, 0.1) is 0 Å². The SMILES string of the molecule is COC(=O)c1ccc(C=O)c(Cl)c1Cl. The molecular formula is C9H6Cl2O3. The lowest BCUT2D eigenvalue weighted by atomic mass is 10.1. The number of esters is 1. The standard InChI is InChI=1S/C9H6Cl2O3/c1-14-9(13)6-3-2-5(4-12)7(10)8(6)11/h2-4H,1H3. The van der Waals surface area contributed by atoms with Gasteiger partial charge in [-0.15, -0.1) is 0 Å². The van der Waals surface area contributed by atoms with Gasteiger partial charge in [0.1, 0.15) is 0 Å². The topological polar surface area (TPSA) is 43.4 Å². The molecule has 0 bridgehead atoms. The van der Waals surface area contributed by atoms with Crippen LogP contribution in [-0.2, 0) is 4.74 Å². The molecule has 0 heterocycles. The van der Waals surface area contributed by atoms with Gasteiger partial charge < -0.3 is 4.74 Å². The molecule has 0 aliphatic carbocycles. The second kappa shape index (κ2) is 4.44. The van der Waals surface area contributed by atoms with E-state index in [4.69, 9.17) is 23.2 Å². The Kier molecular flexibility index (Phi) is 3.49. The zero-order chi connectivity index (χ0) is 10.7. The van der Waals surface area contributed by atoms with Crippen LogP contribution >= 0.6 is 23.2 Å². The first-order valence-electron chi connectivity index (χ1n) is 3.63. The predicted molar refractivity (Wildman–Crippen MR) is 53.2 cm³/mol. The van der Waals surface area contributed by atoms with E-state index in [1.165, 1.54) is 19.2 Å². The summed E-state index contributed by atoms with van der Waals surface area (Å²) in [6.45, 7) is 0. The summed E-state index contributed by atoms with van der Waals surface area (Å²) in [6.07, 6.45) is 0.565. The van der Waals surface area contributed by atoms with Crippen LogP contribution in [0.4, 0.5) is 0 Å². The van der Waals surface area contributed by atoms with Gasteiger partial charge in [0.15, 0.2) is 6.29 Å². The Morgan fingerprint density at radius 1 is 1.36 bits per heavy atom. The molecule has 0 fully saturated rings. The van der Waals surface area contributed by atoms with Crippen molar-refractivity contribution in [3.05, 3.63) is 33.3 Å². The molecule has 0 aromatic heterocycles. The smallest absolute Gasteiger partial charge is 0.339 e. The highest BCUT2D eigenvalue weighted by atomic mass is 35.5. The van der Waals surface area contributed by atoms with E-state index < -0.39 is 5.97 Å². The number of carbonyl (C=O) groups is 2. The lowest BCUT2D eigenvalue weighted by Crippen LogP contribution is -2.03. The Morgan fingerprint density at radius 2 is 2.00 bits per heavy atom. The third kappa shape index (κ3) is 1.89.